The highest BCUT2D eigenvalue weighted by atomic mass is 32.1. The molecule has 156 valence electrons. The maximum atomic E-state index is 12.6. The van der Waals surface area contributed by atoms with E-state index in [4.69, 9.17) is 0 Å². The summed E-state index contributed by atoms with van der Waals surface area (Å²) in [6.07, 6.45) is 2.94. The molecule has 0 saturated carbocycles. The van der Waals surface area contributed by atoms with Crippen LogP contribution >= 0.6 is 11.3 Å². The molecule has 0 saturated heterocycles. The molecule has 0 bridgehead atoms. The van der Waals surface area contributed by atoms with Crippen LogP contribution in [0, 0.1) is 13.8 Å². The van der Waals surface area contributed by atoms with Crippen LogP contribution < -0.4 is 10.6 Å². The molecule has 2 amide bonds. The van der Waals surface area contributed by atoms with E-state index in [1.54, 1.807) is 25.1 Å². The summed E-state index contributed by atoms with van der Waals surface area (Å²) in [7, 11) is 0. The van der Waals surface area contributed by atoms with Crippen molar-refractivity contribution in [3.63, 3.8) is 0 Å². The first-order chi connectivity index (χ1) is 14.1. The summed E-state index contributed by atoms with van der Waals surface area (Å²) in [5.74, 6) is -0.593. The van der Waals surface area contributed by atoms with Crippen molar-refractivity contribution in [2.45, 2.75) is 40.0 Å². The minimum atomic E-state index is -0.360. The van der Waals surface area contributed by atoms with Gasteiger partial charge in [0.25, 0.3) is 11.8 Å². The number of phenolic OH excluding ortho intramolecular Hbond substituents is 1. The summed E-state index contributed by atoms with van der Waals surface area (Å²) in [4.78, 5) is 33.9. The van der Waals surface area contributed by atoms with Crippen LogP contribution in [-0.2, 0) is 5.41 Å². The fourth-order valence-corrected chi connectivity index (χ4v) is 3.49. The maximum absolute atomic E-state index is 12.6. The van der Waals surface area contributed by atoms with Crippen molar-refractivity contribution >= 4 is 34.0 Å². The van der Waals surface area contributed by atoms with Crippen LogP contribution in [-0.4, -0.2) is 26.9 Å². The molecule has 1 aromatic carbocycles. The van der Waals surface area contributed by atoms with E-state index in [0.29, 0.717) is 26.8 Å². The number of carbonyl (C=O) groups excluding carboxylic acids is 2. The van der Waals surface area contributed by atoms with Crippen LogP contribution in [0.1, 0.15) is 57.6 Å². The number of anilines is 2. The molecule has 3 aromatic rings. The Labute approximate surface area is 179 Å². The molecule has 3 rings (SSSR count). The van der Waals surface area contributed by atoms with E-state index in [2.05, 4.69) is 41.4 Å². The summed E-state index contributed by atoms with van der Waals surface area (Å²) < 4.78 is 0. The number of hydrogen-bond donors (Lipinski definition) is 3. The molecule has 3 N–H and O–H groups in total. The van der Waals surface area contributed by atoms with Gasteiger partial charge in [0, 0.05) is 22.9 Å². The van der Waals surface area contributed by atoms with Gasteiger partial charge in [-0.1, -0.05) is 38.2 Å². The monoisotopic (exact) mass is 424 g/mol. The highest BCUT2D eigenvalue weighted by Crippen LogP contribution is 2.29. The number of benzene rings is 1. The molecule has 0 atom stereocenters. The second-order valence-electron chi connectivity index (χ2n) is 8.02. The summed E-state index contributed by atoms with van der Waals surface area (Å²) in [6, 6.07) is 6.87. The molecule has 0 aliphatic rings. The lowest BCUT2D eigenvalue weighted by Crippen LogP contribution is -2.16. The number of aryl methyl sites for hydroxylation is 1. The first kappa shape index (κ1) is 21.4. The Bertz CT molecular complexity index is 1100. The zero-order valence-electron chi connectivity index (χ0n) is 17.5. The van der Waals surface area contributed by atoms with Crippen LogP contribution in [0.2, 0.25) is 0 Å². The molecule has 2 heterocycles. The summed E-state index contributed by atoms with van der Waals surface area (Å²) in [5, 5.41) is 15.7. The zero-order chi connectivity index (χ0) is 22.1. The summed E-state index contributed by atoms with van der Waals surface area (Å²) in [6.45, 7) is 9.74. The summed E-state index contributed by atoms with van der Waals surface area (Å²) in [5.41, 5.74) is 3.19. The molecular weight excluding hydrogens is 400 g/mol. The molecule has 2 aromatic heterocycles. The number of phenols is 1. The lowest BCUT2D eigenvalue weighted by atomic mass is 9.91. The maximum Gasteiger partial charge on any atom is 0.267 e. The predicted octanol–water partition coefficient (Wildman–Crippen LogP) is 4.66. The second-order valence-corrected chi connectivity index (χ2v) is 9.05. The Morgan fingerprint density at radius 3 is 2.33 bits per heavy atom. The van der Waals surface area contributed by atoms with E-state index in [0.717, 1.165) is 22.6 Å². The number of carbonyl (C=O) groups is 2. The third-order valence-electron chi connectivity index (χ3n) is 4.63. The number of aromatic nitrogens is 2. The normalized spacial score (nSPS) is 11.2. The average Bonchev–Trinajstić information content (AvgIpc) is 3.16. The number of rotatable bonds is 4. The minimum absolute atomic E-state index is 0.0984. The SMILES string of the molecule is Cc1ccc(O)c(C)c1NC(=O)c1cnc(NC(=O)c2ccc(C(C)(C)C)nc2)s1. The third-order valence-corrected chi connectivity index (χ3v) is 5.54. The van der Waals surface area contributed by atoms with Gasteiger partial charge in [-0.15, -0.1) is 0 Å². The van der Waals surface area contributed by atoms with Crippen LogP contribution in [0.4, 0.5) is 10.8 Å². The Morgan fingerprint density at radius 1 is 0.967 bits per heavy atom. The fraction of sp³-hybridized carbons (Fsp3) is 0.273. The van der Waals surface area contributed by atoms with E-state index < -0.39 is 0 Å². The quantitative estimate of drug-likeness (QED) is 0.565. The van der Waals surface area contributed by atoms with Crippen molar-refractivity contribution in [3.05, 3.63) is 63.9 Å². The van der Waals surface area contributed by atoms with E-state index in [1.165, 1.54) is 12.4 Å². The van der Waals surface area contributed by atoms with Crippen LogP contribution in [0.15, 0.2) is 36.7 Å². The van der Waals surface area contributed by atoms with Gasteiger partial charge < -0.3 is 10.4 Å². The first-order valence-electron chi connectivity index (χ1n) is 9.40. The van der Waals surface area contributed by atoms with Gasteiger partial charge in [0.1, 0.15) is 10.6 Å². The molecule has 0 fully saturated rings. The minimum Gasteiger partial charge on any atom is -0.508 e. The van der Waals surface area contributed by atoms with Crippen molar-refractivity contribution in [1.29, 1.82) is 0 Å². The molecule has 8 heteroatoms. The molecule has 0 aliphatic carbocycles. The van der Waals surface area contributed by atoms with Gasteiger partial charge in [0.15, 0.2) is 5.13 Å². The highest BCUT2D eigenvalue weighted by Gasteiger charge is 2.18. The average molecular weight is 425 g/mol. The van der Waals surface area contributed by atoms with Gasteiger partial charge in [-0.05, 0) is 37.6 Å². The Morgan fingerprint density at radius 2 is 1.70 bits per heavy atom. The number of nitrogens with one attached hydrogen (secondary N) is 2. The lowest BCUT2D eigenvalue weighted by molar-refractivity contribution is 0.102. The molecule has 30 heavy (non-hydrogen) atoms. The molecule has 7 nitrogen and oxygen atoms in total. The van der Waals surface area contributed by atoms with Gasteiger partial charge in [-0.2, -0.15) is 0 Å². The smallest absolute Gasteiger partial charge is 0.267 e. The van der Waals surface area contributed by atoms with Gasteiger partial charge in [0.05, 0.1) is 17.4 Å². The molecule has 0 aliphatic heterocycles. The number of thiazole rings is 1. The lowest BCUT2D eigenvalue weighted by Gasteiger charge is -2.17. The number of amides is 2. The zero-order valence-corrected chi connectivity index (χ0v) is 18.3. The van der Waals surface area contributed by atoms with Crippen molar-refractivity contribution in [2.24, 2.45) is 0 Å². The predicted molar refractivity (Wildman–Crippen MR) is 119 cm³/mol. The van der Waals surface area contributed by atoms with E-state index in [1.807, 2.05) is 13.0 Å². The van der Waals surface area contributed by atoms with Crippen molar-refractivity contribution in [3.8, 4) is 5.75 Å². The van der Waals surface area contributed by atoms with Gasteiger partial charge in [-0.3, -0.25) is 19.9 Å². The Kier molecular flexibility index (Phi) is 5.89. The van der Waals surface area contributed by atoms with Crippen molar-refractivity contribution in [1.82, 2.24) is 9.97 Å². The van der Waals surface area contributed by atoms with E-state index in [9.17, 15) is 14.7 Å². The first-order valence-corrected chi connectivity index (χ1v) is 10.2. The van der Waals surface area contributed by atoms with Gasteiger partial charge >= 0.3 is 0 Å². The van der Waals surface area contributed by atoms with E-state index >= 15 is 0 Å². The number of nitrogens with zero attached hydrogens (tertiary/aromatic N) is 2. The third kappa shape index (κ3) is 4.65. The van der Waals surface area contributed by atoms with Crippen molar-refractivity contribution < 1.29 is 14.7 Å². The van der Waals surface area contributed by atoms with Gasteiger partial charge in [0.2, 0.25) is 0 Å². The van der Waals surface area contributed by atoms with Crippen LogP contribution in [0.25, 0.3) is 0 Å². The molecule has 0 radical (unpaired) electrons. The fourth-order valence-electron chi connectivity index (χ4n) is 2.78. The number of hydrogen-bond acceptors (Lipinski definition) is 6. The largest absolute Gasteiger partial charge is 0.508 e. The number of pyridine rings is 1. The van der Waals surface area contributed by atoms with Crippen LogP contribution in [0.5, 0.6) is 5.75 Å². The van der Waals surface area contributed by atoms with Crippen molar-refractivity contribution in [2.75, 3.05) is 10.6 Å². The second kappa shape index (κ2) is 8.23. The Hall–Kier alpha value is -3.26. The van der Waals surface area contributed by atoms with Crippen LogP contribution in [0.3, 0.4) is 0 Å². The van der Waals surface area contributed by atoms with Gasteiger partial charge in [-0.25, -0.2) is 4.98 Å². The highest BCUT2D eigenvalue weighted by molar-refractivity contribution is 7.17. The standard InChI is InChI=1S/C22H24N4O3S/c1-12-6-8-15(27)13(2)18(12)25-20(29)16-11-24-21(30-16)26-19(28)14-7-9-17(23-10-14)22(3,4)5/h6-11,27H,1-5H3,(H,25,29)(H,24,26,28). The van der Waals surface area contributed by atoms with E-state index in [-0.39, 0.29) is 23.0 Å². The Balaban J connectivity index is 1.70. The number of aromatic hydroxyl groups is 1. The molecular formula is C22H24N4O3S. The molecule has 0 unspecified atom stereocenters. The summed E-state index contributed by atoms with van der Waals surface area (Å²) >= 11 is 1.07. The molecule has 0 spiro atoms. The topological polar surface area (TPSA) is 104 Å².